The number of nitrogens with zero attached hydrogens (tertiary/aromatic N) is 1. The smallest absolute Gasteiger partial charge is 0.0625 e. The van der Waals surface area contributed by atoms with Crippen LogP contribution in [0.3, 0.4) is 0 Å². The molecule has 2 rings (SSSR count). The number of hydrogen-bond donors (Lipinski definition) is 1. The number of rotatable bonds is 2. The van der Waals surface area contributed by atoms with E-state index in [2.05, 4.69) is 29.6 Å². The minimum absolute atomic E-state index is 0.617. The van der Waals surface area contributed by atoms with Crippen LogP contribution < -0.4 is 5.32 Å². The Morgan fingerprint density at radius 1 is 1.46 bits per heavy atom. The molecule has 0 atom stereocenters. The molecule has 13 heavy (non-hydrogen) atoms. The Balaban J connectivity index is 2.17. The molecule has 1 aliphatic heterocycles. The van der Waals surface area contributed by atoms with Gasteiger partial charge >= 0.3 is 0 Å². The number of aryl methyl sites for hydroxylation is 1. The molecular formula is C11H12N2. The number of nitrogens with one attached hydrogen (secondary N) is 1. The van der Waals surface area contributed by atoms with E-state index in [1.54, 1.807) is 0 Å². The second kappa shape index (κ2) is 3.49. The van der Waals surface area contributed by atoms with E-state index in [0.717, 1.165) is 19.4 Å². The van der Waals surface area contributed by atoms with Crippen LogP contribution >= 0.6 is 0 Å². The second-order valence-corrected chi connectivity index (χ2v) is 3.33. The van der Waals surface area contributed by atoms with Gasteiger partial charge in [-0.25, -0.2) is 0 Å². The summed E-state index contributed by atoms with van der Waals surface area (Å²) in [5, 5.41) is 11.8. The lowest BCUT2D eigenvalue weighted by molar-refractivity contribution is 1.00. The van der Waals surface area contributed by atoms with Crippen LogP contribution in [-0.4, -0.2) is 6.54 Å². The summed E-state index contributed by atoms with van der Waals surface area (Å²) < 4.78 is 0. The Kier molecular flexibility index (Phi) is 2.18. The lowest BCUT2D eigenvalue weighted by Crippen LogP contribution is -1.90. The Morgan fingerprint density at radius 2 is 2.38 bits per heavy atom. The molecular weight excluding hydrogens is 160 g/mol. The highest BCUT2D eigenvalue weighted by molar-refractivity contribution is 5.56. The molecule has 0 saturated heterocycles. The lowest BCUT2D eigenvalue weighted by Gasteiger charge is -2.02. The van der Waals surface area contributed by atoms with E-state index in [1.807, 2.05) is 0 Å². The van der Waals surface area contributed by atoms with E-state index in [-0.39, 0.29) is 0 Å². The maximum atomic E-state index is 8.46. The van der Waals surface area contributed by atoms with Crippen LogP contribution in [0.25, 0.3) is 0 Å². The topological polar surface area (TPSA) is 35.8 Å². The summed E-state index contributed by atoms with van der Waals surface area (Å²) in [5.41, 5.74) is 3.94. The van der Waals surface area contributed by atoms with Gasteiger partial charge < -0.3 is 5.32 Å². The van der Waals surface area contributed by atoms with Gasteiger partial charge in [0.25, 0.3) is 0 Å². The minimum Gasteiger partial charge on any atom is -0.384 e. The van der Waals surface area contributed by atoms with Crippen molar-refractivity contribution in [3.8, 4) is 6.07 Å². The van der Waals surface area contributed by atoms with Crippen molar-refractivity contribution in [2.45, 2.75) is 19.3 Å². The van der Waals surface area contributed by atoms with Crippen molar-refractivity contribution in [1.29, 1.82) is 5.26 Å². The normalized spacial score (nSPS) is 13.2. The summed E-state index contributed by atoms with van der Waals surface area (Å²) in [4.78, 5) is 0. The SMILES string of the molecule is N#CCCc1ccc2c(c1)CCN2. The molecule has 0 amide bonds. The lowest BCUT2D eigenvalue weighted by atomic mass is 10.1. The predicted octanol–water partition coefficient (Wildman–Crippen LogP) is 2.11. The first-order valence-electron chi connectivity index (χ1n) is 4.63. The van der Waals surface area contributed by atoms with Crippen LogP contribution in [0.1, 0.15) is 17.5 Å². The highest BCUT2D eigenvalue weighted by atomic mass is 14.9. The van der Waals surface area contributed by atoms with Crippen molar-refractivity contribution in [2.24, 2.45) is 0 Å². The van der Waals surface area contributed by atoms with Gasteiger partial charge in [0, 0.05) is 18.7 Å². The van der Waals surface area contributed by atoms with Crippen molar-refractivity contribution < 1.29 is 0 Å². The number of hydrogen-bond acceptors (Lipinski definition) is 2. The van der Waals surface area contributed by atoms with Crippen LogP contribution in [0, 0.1) is 11.3 Å². The summed E-state index contributed by atoms with van der Waals surface area (Å²) in [6, 6.07) is 8.61. The number of benzene rings is 1. The van der Waals surface area contributed by atoms with E-state index in [9.17, 15) is 0 Å². The zero-order valence-electron chi connectivity index (χ0n) is 7.51. The monoisotopic (exact) mass is 172 g/mol. The number of nitriles is 1. The fraction of sp³-hybridized carbons (Fsp3) is 0.364. The molecule has 0 saturated carbocycles. The Labute approximate surface area is 78.2 Å². The Hall–Kier alpha value is -1.49. The molecule has 0 unspecified atom stereocenters. The first-order valence-corrected chi connectivity index (χ1v) is 4.63. The fourth-order valence-electron chi connectivity index (χ4n) is 1.71. The Morgan fingerprint density at radius 3 is 3.23 bits per heavy atom. The molecule has 0 aromatic heterocycles. The maximum absolute atomic E-state index is 8.46. The van der Waals surface area contributed by atoms with Crippen molar-refractivity contribution in [2.75, 3.05) is 11.9 Å². The average molecular weight is 172 g/mol. The van der Waals surface area contributed by atoms with Crippen LogP contribution in [-0.2, 0) is 12.8 Å². The Bertz CT molecular complexity index is 350. The molecule has 1 N–H and O–H groups in total. The van der Waals surface area contributed by atoms with Crippen LogP contribution in [0.15, 0.2) is 18.2 Å². The number of fused-ring (bicyclic) bond motifs is 1. The third-order valence-corrected chi connectivity index (χ3v) is 2.40. The molecule has 1 aromatic carbocycles. The third-order valence-electron chi connectivity index (χ3n) is 2.40. The molecule has 0 fully saturated rings. The molecule has 1 heterocycles. The maximum Gasteiger partial charge on any atom is 0.0625 e. The van der Waals surface area contributed by atoms with E-state index in [0.29, 0.717) is 6.42 Å². The van der Waals surface area contributed by atoms with Crippen molar-refractivity contribution in [1.82, 2.24) is 0 Å². The molecule has 1 aliphatic rings. The molecule has 2 nitrogen and oxygen atoms in total. The van der Waals surface area contributed by atoms with Gasteiger partial charge in [0.2, 0.25) is 0 Å². The molecule has 0 bridgehead atoms. The quantitative estimate of drug-likeness (QED) is 0.741. The summed E-state index contributed by atoms with van der Waals surface area (Å²) in [6.45, 7) is 1.05. The molecule has 2 heteroatoms. The summed E-state index contributed by atoms with van der Waals surface area (Å²) in [5.74, 6) is 0. The molecule has 1 aromatic rings. The van der Waals surface area contributed by atoms with Gasteiger partial charge in [-0.2, -0.15) is 5.26 Å². The van der Waals surface area contributed by atoms with Crippen molar-refractivity contribution >= 4 is 5.69 Å². The average Bonchev–Trinajstić information content (AvgIpc) is 2.61. The highest BCUT2D eigenvalue weighted by Gasteiger charge is 2.09. The van der Waals surface area contributed by atoms with Gasteiger partial charge in [0.1, 0.15) is 0 Å². The zero-order chi connectivity index (χ0) is 9.10. The van der Waals surface area contributed by atoms with Gasteiger partial charge in [-0.05, 0) is 30.0 Å². The van der Waals surface area contributed by atoms with Crippen molar-refractivity contribution in [3.63, 3.8) is 0 Å². The predicted molar refractivity (Wildman–Crippen MR) is 52.6 cm³/mol. The fourth-order valence-corrected chi connectivity index (χ4v) is 1.71. The minimum atomic E-state index is 0.617. The molecule has 0 radical (unpaired) electrons. The zero-order valence-corrected chi connectivity index (χ0v) is 7.51. The van der Waals surface area contributed by atoms with Crippen LogP contribution in [0.2, 0.25) is 0 Å². The van der Waals surface area contributed by atoms with E-state index >= 15 is 0 Å². The first-order chi connectivity index (χ1) is 6.40. The van der Waals surface area contributed by atoms with E-state index in [4.69, 9.17) is 5.26 Å². The highest BCUT2D eigenvalue weighted by Crippen LogP contribution is 2.23. The largest absolute Gasteiger partial charge is 0.384 e. The standard InChI is InChI=1S/C11H12N2/c12-6-1-2-9-3-4-11-10(8-9)5-7-13-11/h3-4,8,13H,1-2,5,7H2. The summed E-state index contributed by atoms with van der Waals surface area (Å²) in [6.07, 6.45) is 2.62. The third kappa shape index (κ3) is 1.65. The molecule has 0 spiro atoms. The van der Waals surface area contributed by atoms with Crippen LogP contribution in [0.5, 0.6) is 0 Å². The van der Waals surface area contributed by atoms with Gasteiger partial charge in [-0.1, -0.05) is 12.1 Å². The van der Waals surface area contributed by atoms with E-state index in [1.165, 1.54) is 16.8 Å². The van der Waals surface area contributed by atoms with Gasteiger partial charge in [0.15, 0.2) is 0 Å². The van der Waals surface area contributed by atoms with Crippen molar-refractivity contribution in [3.05, 3.63) is 29.3 Å². The molecule has 66 valence electrons. The van der Waals surface area contributed by atoms with Gasteiger partial charge in [-0.3, -0.25) is 0 Å². The summed E-state index contributed by atoms with van der Waals surface area (Å²) >= 11 is 0. The second-order valence-electron chi connectivity index (χ2n) is 3.33. The first kappa shape index (κ1) is 8.12. The summed E-state index contributed by atoms with van der Waals surface area (Å²) in [7, 11) is 0. The number of anilines is 1. The van der Waals surface area contributed by atoms with Gasteiger partial charge in [-0.15, -0.1) is 0 Å². The van der Waals surface area contributed by atoms with Gasteiger partial charge in [0.05, 0.1) is 6.07 Å². The van der Waals surface area contributed by atoms with E-state index < -0.39 is 0 Å². The van der Waals surface area contributed by atoms with Crippen LogP contribution in [0.4, 0.5) is 5.69 Å². The molecule has 0 aliphatic carbocycles.